The lowest BCUT2D eigenvalue weighted by atomic mass is 10.2. The van der Waals surface area contributed by atoms with Crippen molar-refractivity contribution in [3.05, 3.63) is 59.7 Å². The quantitative estimate of drug-likeness (QED) is 0.204. The average molecular weight is 465 g/mol. The molecule has 0 aliphatic carbocycles. The highest BCUT2D eigenvalue weighted by atomic mass is 16.5. The lowest BCUT2D eigenvalue weighted by molar-refractivity contribution is -0.123. The number of nitrogens with one attached hydrogen (secondary N) is 3. The Kier molecular flexibility index (Phi) is 8.33. The van der Waals surface area contributed by atoms with Crippen LogP contribution in [0.25, 0.3) is 0 Å². The molecule has 34 heavy (non-hydrogen) atoms. The summed E-state index contributed by atoms with van der Waals surface area (Å²) in [5, 5.41) is 8.13. The molecule has 2 aromatic carbocycles. The third-order valence-electron chi connectivity index (χ3n) is 4.85. The summed E-state index contributed by atoms with van der Waals surface area (Å²) in [5.41, 5.74) is 8.58. The first-order valence-corrected chi connectivity index (χ1v) is 11.0. The Labute approximate surface area is 197 Å². The lowest BCUT2D eigenvalue weighted by Crippen LogP contribution is -2.32. The number of ether oxygens (including phenoxy) is 1. The normalized spacial score (nSPS) is 15.4. The molecular weight excluding hydrogens is 436 g/mol. The van der Waals surface area contributed by atoms with Gasteiger partial charge in [-0.2, -0.15) is 4.99 Å². The van der Waals surface area contributed by atoms with Crippen LogP contribution in [-0.4, -0.2) is 42.4 Å². The number of esters is 1. The predicted molar refractivity (Wildman–Crippen MR) is 131 cm³/mol. The summed E-state index contributed by atoms with van der Waals surface area (Å²) in [7, 11) is 0. The van der Waals surface area contributed by atoms with Crippen molar-refractivity contribution in [1.82, 2.24) is 5.32 Å². The van der Waals surface area contributed by atoms with Crippen LogP contribution in [0, 0.1) is 6.92 Å². The molecule has 0 radical (unpaired) electrons. The van der Waals surface area contributed by atoms with Crippen molar-refractivity contribution >= 4 is 41.1 Å². The van der Waals surface area contributed by atoms with Crippen LogP contribution in [0.2, 0.25) is 0 Å². The van der Waals surface area contributed by atoms with Gasteiger partial charge in [0.2, 0.25) is 17.8 Å². The summed E-state index contributed by atoms with van der Waals surface area (Å²) in [6.45, 7) is 4.34. The van der Waals surface area contributed by atoms with Crippen LogP contribution < -0.4 is 21.7 Å². The Morgan fingerprint density at radius 2 is 1.91 bits per heavy atom. The van der Waals surface area contributed by atoms with Gasteiger partial charge in [0.25, 0.3) is 5.91 Å². The molecule has 2 amide bonds. The number of unbranched alkanes of at least 4 members (excludes halogenated alkanes) is 1. The zero-order valence-corrected chi connectivity index (χ0v) is 19.1. The van der Waals surface area contributed by atoms with Crippen molar-refractivity contribution < 1.29 is 19.1 Å². The number of amides is 2. The third-order valence-corrected chi connectivity index (χ3v) is 4.85. The molecule has 1 aliphatic heterocycles. The van der Waals surface area contributed by atoms with E-state index in [2.05, 4.69) is 25.9 Å². The summed E-state index contributed by atoms with van der Waals surface area (Å²) in [6, 6.07) is 13.0. The highest BCUT2D eigenvalue weighted by Crippen LogP contribution is 2.14. The molecule has 3 rings (SSSR count). The predicted octanol–water partition coefficient (Wildman–Crippen LogP) is 2.56. The zero-order chi connectivity index (χ0) is 24.5. The van der Waals surface area contributed by atoms with Gasteiger partial charge in [0.05, 0.1) is 18.6 Å². The van der Waals surface area contributed by atoms with Gasteiger partial charge < -0.3 is 21.1 Å². The van der Waals surface area contributed by atoms with Gasteiger partial charge >= 0.3 is 5.97 Å². The SMILES string of the molecule is CCCCOC(=O)c1ccc(NC(=O)CC2N=C(/N=C(\N)Nc3cccc(C)c3)NC2=O)cc1. The lowest BCUT2D eigenvalue weighted by Gasteiger charge is -2.08. The van der Waals surface area contributed by atoms with E-state index in [0.717, 1.165) is 24.1 Å². The molecule has 1 atom stereocenters. The standard InChI is InChI=1S/C24H28N6O4/c1-3-4-12-34-22(33)16-8-10-17(11-9-16)26-20(31)14-19-21(32)29-24(28-19)30-23(25)27-18-7-5-6-15(2)13-18/h5-11,13,19H,3-4,12,14H2,1-2H3,(H,26,31)(H4,25,27,28,29,30,32). The van der Waals surface area contributed by atoms with Crippen molar-refractivity contribution in [2.45, 2.75) is 39.2 Å². The van der Waals surface area contributed by atoms with E-state index in [1.54, 1.807) is 24.3 Å². The van der Waals surface area contributed by atoms with E-state index >= 15 is 0 Å². The number of aryl methyl sites for hydroxylation is 1. The van der Waals surface area contributed by atoms with Gasteiger partial charge in [-0.15, -0.1) is 0 Å². The molecule has 0 saturated heterocycles. The van der Waals surface area contributed by atoms with Crippen molar-refractivity contribution in [1.29, 1.82) is 0 Å². The molecule has 0 spiro atoms. The number of hydrogen-bond acceptors (Lipinski definition) is 6. The maximum absolute atomic E-state index is 12.4. The monoisotopic (exact) mass is 464 g/mol. The van der Waals surface area contributed by atoms with Gasteiger partial charge in [-0.25, -0.2) is 9.79 Å². The van der Waals surface area contributed by atoms with E-state index in [9.17, 15) is 14.4 Å². The molecule has 2 aromatic rings. The minimum atomic E-state index is -0.918. The van der Waals surface area contributed by atoms with E-state index in [4.69, 9.17) is 10.5 Å². The number of aliphatic imine (C=N–C) groups is 2. The first-order valence-electron chi connectivity index (χ1n) is 11.0. The molecule has 1 heterocycles. The number of benzene rings is 2. The molecule has 1 unspecified atom stereocenters. The molecule has 10 heteroatoms. The van der Waals surface area contributed by atoms with Gasteiger partial charge in [-0.3, -0.25) is 14.9 Å². The number of nitrogens with two attached hydrogens (primary N) is 1. The fourth-order valence-electron chi connectivity index (χ4n) is 3.11. The van der Waals surface area contributed by atoms with Gasteiger partial charge in [0.15, 0.2) is 0 Å². The summed E-state index contributed by atoms with van der Waals surface area (Å²) in [6.07, 6.45) is 1.57. The molecule has 5 N–H and O–H groups in total. The van der Waals surface area contributed by atoms with Crippen LogP contribution in [-0.2, 0) is 14.3 Å². The maximum Gasteiger partial charge on any atom is 0.338 e. The highest BCUT2D eigenvalue weighted by molar-refractivity contribution is 6.11. The zero-order valence-electron chi connectivity index (χ0n) is 19.1. The number of anilines is 2. The largest absolute Gasteiger partial charge is 0.462 e. The number of carbonyl (C=O) groups is 3. The van der Waals surface area contributed by atoms with Crippen molar-refractivity contribution in [3.8, 4) is 0 Å². The van der Waals surface area contributed by atoms with E-state index in [0.29, 0.717) is 17.9 Å². The van der Waals surface area contributed by atoms with E-state index in [1.807, 2.05) is 38.1 Å². The van der Waals surface area contributed by atoms with Gasteiger partial charge in [0, 0.05) is 11.4 Å². The molecule has 0 bridgehead atoms. The first kappa shape index (κ1) is 24.4. The van der Waals surface area contributed by atoms with Gasteiger partial charge in [0.1, 0.15) is 6.04 Å². The van der Waals surface area contributed by atoms with Gasteiger partial charge in [-0.05, 0) is 55.3 Å². The summed E-state index contributed by atoms with van der Waals surface area (Å²) in [5.74, 6) is -1.16. The Hall–Kier alpha value is -4.21. The van der Waals surface area contributed by atoms with Crippen LogP contribution >= 0.6 is 0 Å². The van der Waals surface area contributed by atoms with Crippen LogP contribution in [0.5, 0.6) is 0 Å². The second-order valence-corrected chi connectivity index (χ2v) is 7.77. The molecule has 0 aromatic heterocycles. The van der Waals surface area contributed by atoms with E-state index in [-0.39, 0.29) is 18.3 Å². The molecule has 0 saturated carbocycles. The molecule has 0 fully saturated rings. The van der Waals surface area contributed by atoms with Crippen molar-refractivity contribution in [3.63, 3.8) is 0 Å². The molecule has 1 aliphatic rings. The summed E-state index contributed by atoms with van der Waals surface area (Å²) in [4.78, 5) is 44.8. The number of nitrogens with zero attached hydrogens (tertiary/aromatic N) is 2. The Balaban J connectivity index is 1.53. The molecule has 178 valence electrons. The van der Waals surface area contributed by atoms with Crippen molar-refractivity contribution in [2.75, 3.05) is 17.2 Å². The number of carbonyl (C=O) groups excluding carboxylic acids is 3. The highest BCUT2D eigenvalue weighted by Gasteiger charge is 2.28. The number of hydrogen-bond donors (Lipinski definition) is 4. The summed E-state index contributed by atoms with van der Waals surface area (Å²) < 4.78 is 5.16. The molecule has 10 nitrogen and oxygen atoms in total. The third kappa shape index (κ3) is 7.16. The number of rotatable bonds is 8. The Bertz CT molecular complexity index is 1110. The van der Waals surface area contributed by atoms with Crippen LogP contribution in [0.15, 0.2) is 58.5 Å². The number of guanidine groups is 2. The van der Waals surface area contributed by atoms with Crippen LogP contribution in [0.3, 0.4) is 0 Å². The van der Waals surface area contributed by atoms with Crippen LogP contribution in [0.1, 0.15) is 42.1 Å². The fourth-order valence-corrected chi connectivity index (χ4v) is 3.11. The Morgan fingerprint density at radius 1 is 1.15 bits per heavy atom. The summed E-state index contributed by atoms with van der Waals surface area (Å²) >= 11 is 0. The maximum atomic E-state index is 12.4. The minimum Gasteiger partial charge on any atom is -0.462 e. The fraction of sp³-hybridized carbons (Fsp3) is 0.292. The first-order chi connectivity index (χ1) is 16.3. The minimum absolute atomic E-state index is 0.0337. The second kappa shape index (κ2) is 11.6. The second-order valence-electron chi connectivity index (χ2n) is 7.77. The Morgan fingerprint density at radius 3 is 2.62 bits per heavy atom. The molecular formula is C24H28N6O4. The van der Waals surface area contributed by atoms with E-state index < -0.39 is 23.8 Å². The van der Waals surface area contributed by atoms with Gasteiger partial charge in [-0.1, -0.05) is 25.5 Å². The topological polar surface area (TPSA) is 147 Å². The average Bonchev–Trinajstić information content (AvgIpc) is 3.12. The van der Waals surface area contributed by atoms with Crippen molar-refractivity contribution in [2.24, 2.45) is 15.7 Å². The smallest absolute Gasteiger partial charge is 0.338 e. The van der Waals surface area contributed by atoms with Crippen LogP contribution in [0.4, 0.5) is 11.4 Å². The van der Waals surface area contributed by atoms with E-state index in [1.165, 1.54) is 0 Å².